The van der Waals surface area contributed by atoms with E-state index < -0.39 is 11.2 Å². The average Bonchev–Trinajstić information content (AvgIpc) is 3.11. The molecule has 0 aromatic rings. The largest absolute Gasteiger partial charge is 0.389 e. The van der Waals surface area contributed by atoms with E-state index in [0.29, 0.717) is 25.7 Å². The lowest BCUT2D eigenvalue weighted by atomic mass is 9.98. The predicted molar refractivity (Wildman–Crippen MR) is 93.7 cm³/mol. The van der Waals surface area contributed by atoms with Crippen molar-refractivity contribution in [2.24, 2.45) is 0 Å². The fourth-order valence-electron chi connectivity index (χ4n) is 4.69. The average molecular weight is 338 g/mol. The van der Waals surface area contributed by atoms with Crippen LogP contribution in [0.3, 0.4) is 0 Å². The third kappa shape index (κ3) is 4.50. The quantitative estimate of drug-likeness (QED) is 0.710. The van der Waals surface area contributed by atoms with Crippen LogP contribution in [-0.2, 0) is 4.79 Å². The van der Waals surface area contributed by atoms with Gasteiger partial charge >= 0.3 is 0 Å². The highest BCUT2D eigenvalue weighted by molar-refractivity contribution is 5.79. The summed E-state index contributed by atoms with van der Waals surface area (Å²) in [6.07, 6.45) is 9.74. The smallest absolute Gasteiger partial charge is 0.236 e. The molecule has 0 heterocycles. The van der Waals surface area contributed by atoms with Gasteiger partial charge in [0.05, 0.1) is 17.7 Å². The summed E-state index contributed by atoms with van der Waals surface area (Å²) in [4.78, 5) is 16.8. The molecule has 3 aliphatic rings. The second-order valence-electron chi connectivity index (χ2n) is 8.42. The Labute approximate surface area is 146 Å². The molecule has 0 aliphatic heterocycles. The maximum atomic E-state index is 12.7. The Morgan fingerprint density at radius 2 is 1.42 bits per heavy atom. The van der Waals surface area contributed by atoms with Crippen molar-refractivity contribution in [3.63, 3.8) is 0 Å². The number of carbonyl (C=O) groups is 1. The molecule has 138 valence electrons. The normalized spacial score (nSPS) is 25.3. The standard InChI is InChI=1S/C19H34N2O3/c1-2-21(16-7-8-16)17(22)13-20(14-18(23)9-3-4-10-18)15-19(24)11-5-6-12-19/h16,23-24H,2-15H2,1H3. The van der Waals surface area contributed by atoms with Crippen LogP contribution in [-0.4, -0.2) is 69.3 Å². The molecular formula is C19H34N2O3. The van der Waals surface area contributed by atoms with Crippen molar-refractivity contribution in [2.45, 2.75) is 88.4 Å². The summed E-state index contributed by atoms with van der Waals surface area (Å²) < 4.78 is 0. The van der Waals surface area contributed by atoms with Crippen LogP contribution in [0, 0.1) is 0 Å². The molecule has 2 N–H and O–H groups in total. The van der Waals surface area contributed by atoms with Gasteiger partial charge in [-0.05, 0) is 45.4 Å². The number of carbonyl (C=O) groups excluding carboxylic acids is 1. The summed E-state index contributed by atoms with van der Waals surface area (Å²) in [6.45, 7) is 4.16. The van der Waals surface area contributed by atoms with Crippen molar-refractivity contribution in [1.29, 1.82) is 0 Å². The fourth-order valence-corrected chi connectivity index (χ4v) is 4.69. The lowest BCUT2D eigenvalue weighted by Gasteiger charge is -2.36. The van der Waals surface area contributed by atoms with Crippen molar-refractivity contribution in [1.82, 2.24) is 9.80 Å². The minimum atomic E-state index is -0.675. The second kappa shape index (κ2) is 7.30. The first kappa shape index (κ1) is 18.2. The highest BCUT2D eigenvalue weighted by Gasteiger charge is 2.39. The maximum absolute atomic E-state index is 12.7. The molecule has 5 heteroatoms. The van der Waals surface area contributed by atoms with Gasteiger partial charge in [-0.3, -0.25) is 9.69 Å². The Morgan fingerprint density at radius 1 is 0.958 bits per heavy atom. The van der Waals surface area contributed by atoms with E-state index in [-0.39, 0.29) is 5.91 Å². The van der Waals surface area contributed by atoms with Crippen molar-refractivity contribution < 1.29 is 15.0 Å². The first-order chi connectivity index (χ1) is 11.4. The van der Waals surface area contributed by atoms with Gasteiger partial charge in [0.2, 0.25) is 5.91 Å². The van der Waals surface area contributed by atoms with Gasteiger partial charge in [-0.1, -0.05) is 25.7 Å². The van der Waals surface area contributed by atoms with E-state index in [0.717, 1.165) is 70.8 Å². The van der Waals surface area contributed by atoms with Crippen LogP contribution < -0.4 is 0 Å². The Kier molecular flexibility index (Phi) is 5.52. The number of likely N-dealkylation sites (N-methyl/N-ethyl adjacent to an activating group) is 1. The van der Waals surface area contributed by atoms with Crippen LogP contribution in [0.5, 0.6) is 0 Å². The molecule has 3 fully saturated rings. The summed E-state index contributed by atoms with van der Waals surface area (Å²) in [5.41, 5.74) is -1.35. The minimum Gasteiger partial charge on any atom is -0.389 e. The summed E-state index contributed by atoms with van der Waals surface area (Å²) in [7, 11) is 0. The molecule has 0 aromatic heterocycles. The van der Waals surface area contributed by atoms with E-state index in [1.54, 1.807) is 0 Å². The molecule has 3 saturated carbocycles. The topological polar surface area (TPSA) is 64.0 Å². The monoisotopic (exact) mass is 338 g/mol. The van der Waals surface area contributed by atoms with E-state index in [1.807, 2.05) is 16.7 Å². The summed E-state index contributed by atoms with van der Waals surface area (Å²) in [5, 5.41) is 21.6. The third-order valence-corrected chi connectivity index (χ3v) is 6.11. The van der Waals surface area contributed by atoms with Gasteiger partial charge < -0.3 is 15.1 Å². The molecule has 0 radical (unpaired) electrons. The third-order valence-electron chi connectivity index (χ3n) is 6.11. The van der Waals surface area contributed by atoms with Crippen molar-refractivity contribution in [3.8, 4) is 0 Å². The van der Waals surface area contributed by atoms with Gasteiger partial charge in [-0.25, -0.2) is 0 Å². The Hall–Kier alpha value is -0.650. The number of hydrogen-bond donors (Lipinski definition) is 2. The Balaban J connectivity index is 1.64. The van der Waals surface area contributed by atoms with Crippen LogP contribution in [0.15, 0.2) is 0 Å². The minimum absolute atomic E-state index is 0.156. The number of rotatable bonds is 8. The second-order valence-corrected chi connectivity index (χ2v) is 8.42. The van der Waals surface area contributed by atoms with Crippen LogP contribution in [0.4, 0.5) is 0 Å². The van der Waals surface area contributed by atoms with Gasteiger partial charge in [0.15, 0.2) is 0 Å². The lowest BCUT2D eigenvalue weighted by molar-refractivity contribution is -0.134. The number of amides is 1. The Morgan fingerprint density at radius 3 is 1.79 bits per heavy atom. The van der Waals surface area contributed by atoms with Crippen molar-refractivity contribution in [2.75, 3.05) is 26.2 Å². The molecule has 0 saturated heterocycles. The van der Waals surface area contributed by atoms with Crippen LogP contribution >= 0.6 is 0 Å². The predicted octanol–water partition coefficient (Wildman–Crippen LogP) is 1.91. The van der Waals surface area contributed by atoms with Gasteiger partial charge in [0.25, 0.3) is 0 Å². The summed E-state index contributed by atoms with van der Waals surface area (Å²) >= 11 is 0. The van der Waals surface area contributed by atoms with Gasteiger partial charge in [-0.2, -0.15) is 0 Å². The summed E-state index contributed by atoms with van der Waals surface area (Å²) in [6, 6.07) is 0.425. The maximum Gasteiger partial charge on any atom is 0.236 e. The molecule has 3 rings (SSSR count). The fraction of sp³-hybridized carbons (Fsp3) is 0.947. The number of nitrogens with zero attached hydrogens (tertiary/aromatic N) is 2. The van der Waals surface area contributed by atoms with Crippen molar-refractivity contribution in [3.05, 3.63) is 0 Å². The van der Waals surface area contributed by atoms with E-state index in [9.17, 15) is 15.0 Å². The van der Waals surface area contributed by atoms with Gasteiger partial charge in [0.1, 0.15) is 0 Å². The highest BCUT2D eigenvalue weighted by atomic mass is 16.3. The van der Waals surface area contributed by atoms with Gasteiger partial charge in [-0.15, -0.1) is 0 Å². The molecule has 0 atom stereocenters. The zero-order valence-electron chi connectivity index (χ0n) is 15.2. The number of hydrogen-bond acceptors (Lipinski definition) is 4. The highest BCUT2D eigenvalue weighted by Crippen LogP contribution is 2.34. The molecule has 3 aliphatic carbocycles. The number of aliphatic hydroxyl groups is 2. The zero-order chi connectivity index (χ0) is 17.2. The van der Waals surface area contributed by atoms with Crippen LogP contribution in [0.1, 0.15) is 71.1 Å². The van der Waals surface area contributed by atoms with E-state index >= 15 is 0 Å². The first-order valence-electron chi connectivity index (χ1n) is 9.90. The molecule has 0 unspecified atom stereocenters. The molecule has 0 bridgehead atoms. The molecule has 0 aromatic carbocycles. The zero-order valence-corrected chi connectivity index (χ0v) is 15.2. The Bertz CT molecular complexity index is 414. The molecule has 5 nitrogen and oxygen atoms in total. The first-order valence-corrected chi connectivity index (χ1v) is 9.90. The lowest BCUT2D eigenvalue weighted by Crippen LogP contribution is -2.51. The molecule has 24 heavy (non-hydrogen) atoms. The van der Waals surface area contributed by atoms with Gasteiger partial charge in [0, 0.05) is 25.7 Å². The van der Waals surface area contributed by atoms with Crippen LogP contribution in [0.2, 0.25) is 0 Å². The van der Waals surface area contributed by atoms with Crippen molar-refractivity contribution >= 4 is 5.91 Å². The van der Waals surface area contributed by atoms with E-state index in [1.165, 1.54) is 0 Å². The van der Waals surface area contributed by atoms with E-state index in [2.05, 4.69) is 0 Å². The molecule has 1 amide bonds. The summed E-state index contributed by atoms with van der Waals surface area (Å²) in [5.74, 6) is 0.156. The SMILES string of the molecule is CCN(C(=O)CN(CC1(O)CCCC1)CC1(O)CCCC1)C1CC1. The van der Waals surface area contributed by atoms with E-state index in [4.69, 9.17) is 0 Å². The molecule has 0 spiro atoms. The van der Waals surface area contributed by atoms with Crippen LogP contribution in [0.25, 0.3) is 0 Å². The molecular weight excluding hydrogens is 304 g/mol.